The van der Waals surface area contributed by atoms with E-state index < -0.39 is 0 Å². The number of aromatic nitrogens is 1. The number of benzene rings is 1. The molecule has 1 saturated carbocycles. The van der Waals surface area contributed by atoms with Crippen LogP contribution in [0.4, 0.5) is 0 Å². The van der Waals surface area contributed by atoms with E-state index in [0.29, 0.717) is 18.1 Å². The molecule has 1 amide bonds. The maximum absolute atomic E-state index is 12.2. The van der Waals surface area contributed by atoms with Crippen molar-refractivity contribution in [3.63, 3.8) is 0 Å². The topological polar surface area (TPSA) is 77.2 Å². The van der Waals surface area contributed by atoms with Crippen molar-refractivity contribution in [3.05, 3.63) is 45.4 Å². The average molecular weight is 453 g/mol. The van der Waals surface area contributed by atoms with Crippen molar-refractivity contribution in [1.29, 1.82) is 0 Å². The lowest BCUT2D eigenvalue weighted by atomic mass is 9.92. The molecule has 5 nitrogen and oxygen atoms in total. The summed E-state index contributed by atoms with van der Waals surface area (Å²) < 4.78 is 5.67. The number of nitrogens with two attached hydrogens (primary N) is 1. The normalized spacial score (nSPS) is 18.7. The monoisotopic (exact) mass is 451 g/mol. The van der Waals surface area contributed by atoms with Gasteiger partial charge in [0.25, 0.3) is 0 Å². The van der Waals surface area contributed by atoms with Crippen molar-refractivity contribution in [2.75, 3.05) is 0 Å². The van der Waals surface area contributed by atoms with Gasteiger partial charge in [0.1, 0.15) is 17.4 Å². The molecule has 0 unspecified atom stereocenters. The lowest BCUT2D eigenvalue weighted by Gasteiger charge is -2.26. The fourth-order valence-corrected chi connectivity index (χ4v) is 3.71. The van der Waals surface area contributed by atoms with Crippen LogP contribution in [0.25, 0.3) is 0 Å². The van der Waals surface area contributed by atoms with E-state index in [-0.39, 0.29) is 42.8 Å². The van der Waals surface area contributed by atoms with Crippen molar-refractivity contribution in [3.8, 4) is 5.75 Å². The van der Waals surface area contributed by atoms with E-state index in [4.69, 9.17) is 22.1 Å². The predicted octanol–water partition coefficient (Wildman–Crippen LogP) is 4.15. The summed E-state index contributed by atoms with van der Waals surface area (Å²) >= 11 is 7.35. The number of hydrogen-bond acceptors (Lipinski definition) is 5. The number of carbonyl (C=O) groups is 1. The Labute approximate surface area is 180 Å². The maximum atomic E-state index is 12.2. The summed E-state index contributed by atoms with van der Waals surface area (Å²) in [7, 11) is 0. The number of ether oxygens (including phenoxy) is 1. The van der Waals surface area contributed by atoms with Crippen molar-refractivity contribution in [2.45, 2.75) is 50.8 Å². The fourth-order valence-electron chi connectivity index (χ4n) is 2.88. The highest BCUT2D eigenvalue weighted by Crippen LogP contribution is 2.19. The van der Waals surface area contributed by atoms with E-state index in [1.165, 1.54) is 11.3 Å². The van der Waals surface area contributed by atoms with Crippen LogP contribution in [0, 0.1) is 0 Å². The summed E-state index contributed by atoms with van der Waals surface area (Å²) in [6, 6.07) is 7.74. The molecule has 150 valence electrons. The van der Waals surface area contributed by atoms with E-state index in [1.54, 1.807) is 12.1 Å². The minimum Gasteiger partial charge on any atom is -0.486 e. The van der Waals surface area contributed by atoms with E-state index in [9.17, 15) is 4.79 Å². The van der Waals surface area contributed by atoms with Gasteiger partial charge in [-0.3, -0.25) is 4.79 Å². The molecular formula is C18H24Cl3N3O2S. The standard InChI is InChI=1S/C18H22ClN3O2S.2ClH/c19-12-1-7-16(8-2-12)24-10-18-22-15(11-25-18)9-17(23)21-14-5-3-13(20)4-6-14;;/h1-2,7-8,11,13-14H,3-6,9-10,20H2,(H,21,23);2*1H. The Hall–Kier alpha value is -1.05. The van der Waals surface area contributed by atoms with Crippen LogP contribution in [0.5, 0.6) is 5.75 Å². The molecule has 0 saturated heterocycles. The highest BCUT2D eigenvalue weighted by atomic mass is 35.5. The summed E-state index contributed by atoms with van der Waals surface area (Å²) in [4.78, 5) is 16.6. The Morgan fingerprint density at radius 3 is 2.56 bits per heavy atom. The molecule has 0 spiro atoms. The molecule has 0 bridgehead atoms. The van der Waals surface area contributed by atoms with Crippen molar-refractivity contribution >= 4 is 53.7 Å². The Morgan fingerprint density at radius 2 is 1.89 bits per heavy atom. The Balaban J connectivity index is 0.00000182. The van der Waals surface area contributed by atoms with Gasteiger partial charge in [-0.15, -0.1) is 36.2 Å². The third-order valence-corrected chi connectivity index (χ3v) is 5.38. The number of rotatable bonds is 6. The molecule has 0 atom stereocenters. The summed E-state index contributed by atoms with van der Waals surface area (Å²) in [6.07, 6.45) is 4.19. The first-order valence-electron chi connectivity index (χ1n) is 8.45. The van der Waals surface area contributed by atoms with Gasteiger partial charge in [0.15, 0.2) is 0 Å². The number of hydrogen-bond donors (Lipinski definition) is 2. The highest BCUT2D eigenvalue weighted by Gasteiger charge is 2.20. The minimum absolute atomic E-state index is 0. The van der Waals surface area contributed by atoms with Crippen molar-refractivity contribution in [1.82, 2.24) is 10.3 Å². The zero-order chi connectivity index (χ0) is 17.6. The fraction of sp³-hybridized carbons (Fsp3) is 0.444. The third kappa shape index (κ3) is 7.84. The Kier molecular flexibility index (Phi) is 10.4. The molecule has 1 aromatic carbocycles. The van der Waals surface area contributed by atoms with Crippen LogP contribution in [-0.2, 0) is 17.8 Å². The van der Waals surface area contributed by atoms with Crippen LogP contribution >= 0.6 is 47.8 Å². The van der Waals surface area contributed by atoms with E-state index in [1.807, 2.05) is 17.5 Å². The minimum atomic E-state index is 0. The van der Waals surface area contributed by atoms with Gasteiger partial charge < -0.3 is 15.8 Å². The summed E-state index contributed by atoms with van der Waals surface area (Å²) in [5.74, 6) is 0.769. The molecule has 9 heteroatoms. The average Bonchev–Trinajstić information content (AvgIpc) is 3.04. The lowest BCUT2D eigenvalue weighted by Crippen LogP contribution is -2.41. The molecule has 0 radical (unpaired) electrons. The van der Waals surface area contributed by atoms with Gasteiger partial charge in [-0.1, -0.05) is 11.6 Å². The zero-order valence-corrected chi connectivity index (χ0v) is 17.9. The lowest BCUT2D eigenvalue weighted by molar-refractivity contribution is -0.121. The Morgan fingerprint density at radius 1 is 1.22 bits per heavy atom. The second-order valence-corrected chi connectivity index (χ2v) is 7.71. The number of halogens is 3. The molecule has 3 rings (SSSR count). The van der Waals surface area contributed by atoms with Crippen LogP contribution in [0.1, 0.15) is 36.4 Å². The molecular weight excluding hydrogens is 429 g/mol. The maximum Gasteiger partial charge on any atom is 0.226 e. The quantitative estimate of drug-likeness (QED) is 0.690. The number of nitrogens with one attached hydrogen (secondary N) is 1. The molecule has 1 aliphatic carbocycles. The molecule has 27 heavy (non-hydrogen) atoms. The van der Waals surface area contributed by atoms with E-state index in [0.717, 1.165) is 42.1 Å². The summed E-state index contributed by atoms with van der Waals surface area (Å²) in [6.45, 7) is 0.383. The van der Waals surface area contributed by atoms with Gasteiger partial charge in [-0.25, -0.2) is 4.98 Å². The van der Waals surface area contributed by atoms with Crippen LogP contribution in [-0.4, -0.2) is 23.0 Å². The summed E-state index contributed by atoms with van der Waals surface area (Å²) in [5, 5.41) is 6.52. The van der Waals surface area contributed by atoms with Gasteiger partial charge in [-0.2, -0.15) is 0 Å². The van der Waals surface area contributed by atoms with Crippen molar-refractivity contribution < 1.29 is 9.53 Å². The summed E-state index contributed by atoms with van der Waals surface area (Å²) in [5.41, 5.74) is 6.67. The first kappa shape index (κ1) is 24.0. The molecule has 2 aromatic rings. The molecule has 1 aliphatic rings. The second-order valence-electron chi connectivity index (χ2n) is 6.33. The smallest absolute Gasteiger partial charge is 0.226 e. The van der Waals surface area contributed by atoms with Gasteiger partial charge in [0, 0.05) is 22.5 Å². The number of carbonyl (C=O) groups excluding carboxylic acids is 1. The predicted molar refractivity (Wildman–Crippen MR) is 114 cm³/mol. The van der Waals surface area contributed by atoms with E-state index in [2.05, 4.69) is 10.3 Å². The third-order valence-electron chi connectivity index (χ3n) is 4.25. The van der Waals surface area contributed by atoms with Crippen molar-refractivity contribution in [2.24, 2.45) is 5.73 Å². The Bertz CT molecular complexity index is 704. The number of amides is 1. The SMILES string of the molecule is Cl.Cl.NC1CCC(NC(=O)Cc2csc(COc3ccc(Cl)cc3)n2)CC1. The second kappa shape index (κ2) is 11.7. The highest BCUT2D eigenvalue weighted by molar-refractivity contribution is 7.09. The van der Waals surface area contributed by atoms with Gasteiger partial charge in [0.05, 0.1) is 12.1 Å². The largest absolute Gasteiger partial charge is 0.486 e. The van der Waals surface area contributed by atoms with Crippen LogP contribution in [0.15, 0.2) is 29.6 Å². The van der Waals surface area contributed by atoms with Gasteiger partial charge in [-0.05, 0) is 49.9 Å². The molecule has 1 heterocycles. The first-order valence-corrected chi connectivity index (χ1v) is 9.71. The number of nitrogens with zero attached hydrogens (tertiary/aromatic N) is 1. The van der Waals surface area contributed by atoms with Gasteiger partial charge >= 0.3 is 0 Å². The first-order chi connectivity index (χ1) is 12.1. The van der Waals surface area contributed by atoms with Crippen LogP contribution < -0.4 is 15.8 Å². The van der Waals surface area contributed by atoms with Crippen LogP contribution in [0.3, 0.4) is 0 Å². The molecule has 0 aliphatic heterocycles. The molecule has 1 aromatic heterocycles. The molecule has 3 N–H and O–H groups in total. The zero-order valence-electron chi connectivity index (χ0n) is 14.7. The number of thiazole rings is 1. The van der Waals surface area contributed by atoms with Gasteiger partial charge in [0.2, 0.25) is 5.91 Å². The molecule has 1 fully saturated rings. The van der Waals surface area contributed by atoms with Crippen LogP contribution in [0.2, 0.25) is 5.02 Å². The van der Waals surface area contributed by atoms with E-state index >= 15 is 0 Å².